The minimum Gasteiger partial charge on any atom is -0.477 e. The number of carboxylic acids is 1. The SMILES string of the molecule is NC1C=CCC2CN(c3cc(F)c4c(=O)c(C(=O)O)cn(C5CC5)c4c3F)CC12. The number of benzene rings is 1. The van der Waals surface area contributed by atoms with Crippen LogP contribution in [-0.4, -0.2) is 34.8 Å². The number of nitrogens with two attached hydrogens (primary N) is 1. The molecule has 2 fully saturated rings. The molecule has 0 amide bonds. The van der Waals surface area contributed by atoms with Crippen molar-refractivity contribution < 1.29 is 18.7 Å². The van der Waals surface area contributed by atoms with Gasteiger partial charge in [-0.1, -0.05) is 12.2 Å². The Bertz CT molecular complexity index is 1120. The lowest BCUT2D eigenvalue weighted by Crippen LogP contribution is -2.35. The van der Waals surface area contributed by atoms with Crippen LogP contribution in [0.5, 0.6) is 0 Å². The highest BCUT2D eigenvalue weighted by Gasteiger charge is 2.39. The van der Waals surface area contributed by atoms with Gasteiger partial charge in [-0.25, -0.2) is 13.6 Å². The van der Waals surface area contributed by atoms with E-state index in [1.54, 1.807) is 4.90 Å². The van der Waals surface area contributed by atoms with Crippen LogP contribution < -0.4 is 16.1 Å². The Morgan fingerprint density at radius 3 is 2.66 bits per heavy atom. The van der Waals surface area contributed by atoms with Crippen molar-refractivity contribution in [3.8, 4) is 0 Å². The van der Waals surface area contributed by atoms with Gasteiger partial charge < -0.3 is 20.3 Å². The first-order valence-corrected chi connectivity index (χ1v) is 9.84. The van der Waals surface area contributed by atoms with Gasteiger partial charge in [0.25, 0.3) is 0 Å². The molecular formula is C21H21F2N3O3. The molecule has 3 atom stereocenters. The van der Waals surface area contributed by atoms with Gasteiger partial charge in [-0.3, -0.25) is 4.79 Å². The fourth-order valence-corrected chi connectivity index (χ4v) is 4.81. The lowest BCUT2D eigenvalue weighted by molar-refractivity contribution is 0.0695. The summed E-state index contributed by atoms with van der Waals surface area (Å²) in [6.45, 7) is 1.07. The second kappa shape index (κ2) is 6.38. The summed E-state index contributed by atoms with van der Waals surface area (Å²) < 4.78 is 32.2. The van der Waals surface area contributed by atoms with Crippen molar-refractivity contribution in [1.29, 1.82) is 0 Å². The largest absolute Gasteiger partial charge is 0.477 e. The van der Waals surface area contributed by atoms with E-state index in [4.69, 9.17) is 5.73 Å². The highest BCUT2D eigenvalue weighted by molar-refractivity contribution is 5.94. The zero-order chi connectivity index (χ0) is 20.4. The molecule has 2 heterocycles. The summed E-state index contributed by atoms with van der Waals surface area (Å²) in [4.78, 5) is 25.8. The molecule has 5 rings (SSSR count). The molecule has 3 unspecified atom stereocenters. The number of carboxylic acid groups (broad SMARTS) is 1. The van der Waals surface area contributed by atoms with E-state index in [-0.39, 0.29) is 35.1 Å². The summed E-state index contributed by atoms with van der Waals surface area (Å²) in [5, 5.41) is 8.83. The predicted octanol–water partition coefficient (Wildman–Crippen LogP) is 2.65. The third-order valence-electron chi connectivity index (χ3n) is 6.46. The molecule has 2 aliphatic carbocycles. The van der Waals surface area contributed by atoms with Gasteiger partial charge in [-0.15, -0.1) is 0 Å². The van der Waals surface area contributed by atoms with Gasteiger partial charge in [-0.05, 0) is 31.1 Å². The van der Waals surface area contributed by atoms with Crippen LogP contribution in [0.1, 0.15) is 35.7 Å². The van der Waals surface area contributed by atoms with Gasteiger partial charge in [0.05, 0.1) is 16.6 Å². The van der Waals surface area contributed by atoms with Crippen LogP contribution in [0.2, 0.25) is 0 Å². The topological polar surface area (TPSA) is 88.6 Å². The van der Waals surface area contributed by atoms with E-state index >= 15 is 8.78 Å². The van der Waals surface area contributed by atoms with Gasteiger partial charge in [0.15, 0.2) is 5.82 Å². The maximum Gasteiger partial charge on any atom is 0.341 e. The minimum absolute atomic E-state index is 0.105. The van der Waals surface area contributed by atoms with E-state index in [2.05, 4.69) is 0 Å². The number of hydrogen-bond acceptors (Lipinski definition) is 4. The Morgan fingerprint density at radius 2 is 2.00 bits per heavy atom. The molecule has 0 bridgehead atoms. The van der Waals surface area contributed by atoms with Gasteiger partial charge in [0, 0.05) is 37.4 Å². The summed E-state index contributed by atoms with van der Waals surface area (Å²) in [6.07, 6.45) is 7.46. The molecule has 1 aliphatic heterocycles. The number of carbonyl (C=O) groups is 1. The molecule has 152 valence electrons. The number of allylic oxidation sites excluding steroid dienone is 1. The van der Waals surface area contributed by atoms with Gasteiger partial charge >= 0.3 is 5.97 Å². The number of fused-ring (bicyclic) bond motifs is 2. The molecule has 1 saturated heterocycles. The first kappa shape index (κ1) is 18.3. The molecule has 0 spiro atoms. The maximum atomic E-state index is 15.7. The third-order valence-corrected chi connectivity index (χ3v) is 6.46. The van der Waals surface area contributed by atoms with Crippen molar-refractivity contribution in [3.05, 3.63) is 51.8 Å². The predicted molar refractivity (Wildman–Crippen MR) is 104 cm³/mol. The Hall–Kier alpha value is -2.74. The van der Waals surface area contributed by atoms with Crippen LogP contribution in [-0.2, 0) is 0 Å². The van der Waals surface area contributed by atoms with Crippen LogP contribution >= 0.6 is 0 Å². The number of nitrogens with zero attached hydrogens (tertiary/aromatic N) is 2. The molecule has 0 radical (unpaired) electrons. The average Bonchev–Trinajstić information content (AvgIpc) is 3.42. The lowest BCUT2D eigenvalue weighted by atomic mass is 9.83. The molecule has 3 N–H and O–H groups in total. The first-order valence-electron chi connectivity index (χ1n) is 9.84. The Balaban J connectivity index is 1.69. The summed E-state index contributed by atoms with van der Waals surface area (Å²) in [5.41, 5.74) is 4.60. The highest BCUT2D eigenvalue weighted by Crippen LogP contribution is 2.41. The van der Waals surface area contributed by atoms with E-state index in [0.29, 0.717) is 13.1 Å². The third kappa shape index (κ3) is 2.77. The molecule has 1 saturated carbocycles. The molecule has 1 aromatic heterocycles. The Labute approximate surface area is 165 Å². The zero-order valence-corrected chi connectivity index (χ0v) is 15.6. The van der Waals surface area contributed by atoms with Crippen molar-refractivity contribution in [1.82, 2.24) is 4.57 Å². The quantitative estimate of drug-likeness (QED) is 0.772. The second-order valence-electron chi connectivity index (χ2n) is 8.30. The summed E-state index contributed by atoms with van der Waals surface area (Å²) in [5.74, 6) is -2.58. The second-order valence-corrected chi connectivity index (χ2v) is 8.30. The number of halogens is 2. The molecule has 6 nitrogen and oxygen atoms in total. The van der Waals surface area contributed by atoms with E-state index < -0.39 is 34.0 Å². The number of anilines is 1. The summed E-state index contributed by atoms with van der Waals surface area (Å²) >= 11 is 0. The molecule has 3 aliphatic rings. The van der Waals surface area contributed by atoms with Crippen molar-refractivity contribution in [2.24, 2.45) is 17.6 Å². The van der Waals surface area contributed by atoms with Crippen molar-refractivity contribution in [3.63, 3.8) is 0 Å². The van der Waals surface area contributed by atoms with Crippen molar-refractivity contribution in [2.45, 2.75) is 31.3 Å². The highest BCUT2D eigenvalue weighted by atomic mass is 19.1. The van der Waals surface area contributed by atoms with Crippen LogP contribution in [0.3, 0.4) is 0 Å². The monoisotopic (exact) mass is 401 g/mol. The van der Waals surface area contributed by atoms with Crippen LogP contribution in [0.15, 0.2) is 29.2 Å². The first-order chi connectivity index (χ1) is 13.9. The molecule has 2 aromatic rings. The standard InChI is InChI=1S/C21H21F2N3O3/c22-14-6-16(25-7-10-2-1-3-15(24)12(10)8-25)18(23)19-17(14)20(27)13(21(28)29)9-26(19)11-4-5-11/h1,3,6,9-12,15H,2,4-5,7-8,24H2,(H,28,29). The molecule has 1 aromatic carbocycles. The smallest absolute Gasteiger partial charge is 0.341 e. The minimum atomic E-state index is -1.44. The fraction of sp³-hybridized carbons (Fsp3) is 0.429. The van der Waals surface area contributed by atoms with Crippen LogP contribution in [0, 0.1) is 23.5 Å². The van der Waals surface area contributed by atoms with E-state index in [0.717, 1.165) is 31.5 Å². The number of pyridine rings is 1. The van der Waals surface area contributed by atoms with Gasteiger partial charge in [-0.2, -0.15) is 0 Å². The summed E-state index contributed by atoms with van der Waals surface area (Å²) in [7, 11) is 0. The number of rotatable bonds is 3. The summed E-state index contributed by atoms with van der Waals surface area (Å²) in [6, 6.07) is 0.784. The lowest BCUT2D eigenvalue weighted by Gasteiger charge is -2.25. The van der Waals surface area contributed by atoms with E-state index in [1.165, 1.54) is 4.57 Å². The number of aromatic nitrogens is 1. The maximum absolute atomic E-state index is 15.7. The van der Waals surface area contributed by atoms with Crippen LogP contribution in [0.4, 0.5) is 14.5 Å². The Morgan fingerprint density at radius 1 is 1.24 bits per heavy atom. The average molecular weight is 401 g/mol. The van der Waals surface area contributed by atoms with Crippen LogP contribution in [0.25, 0.3) is 10.9 Å². The van der Waals surface area contributed by atoms with E-state index in [9.17, 15) is 14.7 Å². The van der Waals surface area contributed by atoms with Gasteiger partial charge in [0.1, 0.15) is 11.4 Å². The van der Waals surface area contributed by atoms with Crippen molar-refractivity contribution in [2.75, 3.05) is 18.0 Å². The van der Waals surface area contributed by atoms with E-state index in [1.807, 2.05) is 12.2 Å². The molecule has 29 heavy (non-hydrogen) atoms. The van der Waals surface area contributed by atoms with Crippen molar-refractivity contribution >= 4 is 22.6 Å². The molecule has 8 heteroatoms. The number of aromatic carboxylic acids is 1. The zero-order valence-electron chi connectivity index (χ0n) is 15.6. The molecular weight excluding hydrogens is 380 g/mol. The Kier molecular flexibility index (Phi) is 4.03. The normalized spacial score (nSPS) is 26.2. The van der Waals surface area contributed by atoms with Gasteiger partial charge in [0.2, 0.25) is 5.43 Å². The number of hydrogen-bond donors (Lipinski definition) is 2. The fourth-order valence-electron chi connectivity index (χ4n) is 4.81.